The van der Waals surface area contributed by atoms with E-state index in [1.54, 1.807) is 57.8 Å². The van der Waals surface area contributed by atoms with Gasteiger partial charge < -0.3 is 40.6 Å². The molecule has 4 heterocycles. The van der Waals surface area contributed by atoms with Crippen LogP contribution in [0.25, 0.3) is 22.1 Å². The van der Waals surface area contributed by atoms with E-state index in [1.807, 2.05) is 12.2 Å². The fourth-order valence-electron chi connectivity index (χ4n) is 5.11. The largest absolute Gasteiger partial charge is 0.506 e. The van der Waals surface area contributed by atoms with Gasteiger partial charge in [-0.05, 0) is 36.4 Å². The molecule has 0 fully saturated rings. The van der Waals surface area contributed by atoms with Gasteiger partial charge in [-0.3, -0.25) is 29.1 Å². The molecule has 0 bridgehead atoms. The lowest BCUT2D eigenvalue weighted by Crippen LogP contribution is -2.21. The molecule has 258 valence electrons. The number of amides is 3. The molecule has 18 heteroatoms. The summed E-state index contributed by atoms with van der Waals surface area (Å²) < 4.78 is 12.1. The number of ether oxygens (including phenoxy) is 1. The highest BCUT2D eigenvalue weighted by atomic mass is 16.5. The van der Waals surface area contributed by atoms with Crippen molar-refractivity contribution >= 4 is 58.0 Å². The molecule has 0 aliphatic carbocycles. The number of carbonyl (C=O) groups is 4. The number of allylic oxidation sites excluding steroid dienone is 2. The zero-order valence-electron chi connectivity index (χ0n) is 27.1. The molecular formula is C32H34N12O6. The Labute approximate surface area is 283 Å². The average molecular weight is 683 g/mol. The Bertz CT molecular complexity index is 2180. The maximum absolute atomic E-state index is 12.8. The van der Waals surface area contributed by atoms with E-state index < -0.39 is 11.8 Å². The summed E-state index contributed by atoms with van der Waals surface area (Å²) in [6.07, 6.45) is 11.1. The number of nitrogens with one attached hydrogen (secondary N) is 2. The van der Waals surface area contributed by atoms with Crippen molar-refractivity contribution in [2.75, 3.05) is 24.8 Å². The molecule has 0 atom stereocenters. The first kappa shape index (κ1) is 34.4. The molecule has 7 N–H and O–H groups in total. The molecule has 0 saturated carbocycles. The third-order valence-corrected chi connectivity index (χ3v) is 7.32. The summed E-state index contributed by atoms with van der Waals surface area (Å²) in [4.78, 5) is 55.1. The molecule has 18 nitrogen and oxygen atoms in total. The Morgan fingerprint density at radius 1 is 0.840 bits per heavy atom. The fraction of sp³-hybridized carbons (Fsp3) is 0.188. The van der Waals surface area contributed by atoms with Crippen molar-refractivity contribution in [1.29, 1.82) is 0 Å². The quantitative estimate of drug-likeness (QED) is 0.0863. The second-order valence-corrected chi connectivity index (χ2v) is 10.6. The number of fused-ring (bicyclic) bond motifs is 2. The van der Waals surface area contributed by atoms with E-state index in [1.165, 1.54) is 36.1 Å². The summed E-state index contributed by atoms with van der Waals surface area (Å²) in [7, 11) is 3.15. The minimum Gasteiger partial charge on any atom is -0.506 e. The van der Waals surface area contributed by atoms with Crippen LogP contribution in [0.4, 0.5) is 11.9 Å². The van der Waals surface area contributed by atoms with Crippen molar-refractivity contribution in [2.24, 2.45) is 11.5 Å². The van der Waals surface area contributed by atoms with Crippen LogP contribution in [0, 0.1) is 0 Å². The monoisotopic (exact) mass is 682 g/mol. The highest BCUT2D eigenvalue weighted by Crippen LogP contribution is 2.32. The molecule has 2 aromatic carbocycles. The molecule has 0 aliphatic rings. The van der Waals surface area contributed by atoms with Crippen molar-refractivity contribution in [3.63, 3.8) is 0 Å². The molecule has 0 aliphatic heterocycles. The lowest BCUT2D eigenvalue weighted by atomic mass is 10.1. The fourth-order valence-corrected chi connectivity index (χ4v) is 5.11. The molecule has 0 radical (unpaired) electrons. The van der Waals surface area contributed by atoms with E-state index in [9.17, 15) is 24.3 Å². The van der Waals surface area contributed by atoms with E-state index in [0.717, 1.165) is 6.29 Å². The third-order valence-electron chi connectivity index (χ3n) is 7.32. The SMILES string of the molecule is CNc1nc2cc(C(N)=O)cc(O)c2n1C/C=C/Cn1c(NC(=O)Cn2cccn2)nc2cc(C(N)=O)cc(OC)c21.O=CCn1cccn1. The second kappa shape index (κ2) is 15.3. The number of aromatic hydroxyl groups is 1. The number of nitrogens with zero attached hydrogens (tertiary/aromatic N) is 8. The van der Waals surface area contributed by atoms with E-state index in [4.69, 9.17) is 16.2 Å². The number of nitrogens with two attached hydrogens (primary N) is 2. The zero-order chi connectivity index (χ0) is 35.8. The number of hydrogen-bond donors (Lipinski definition) is 5. The molecule has 50 heavy (non-hydrogen) atoms. The van der Waals surface area contributed by atoms with Gasteiger partial charge >= 0.3 is 0 Å². The number of methoxy groups -OCH3 is 1. The standard InChI is InChI=1S/C27H28N10O5.C5H6N2O/c1-30-26-32-17-10-15(24(28)40)12-19(38)22(17)36(26)8-3-4-9-37-23-18(11-16(25(29)41)13-20(23)42-2)33-27(37)34-21(39)14-35-7-5-6-31-35;8-5-4-7-3-1-2-6-7/h3-7,10-13,38H,8-9,14H2,1-2H3,(H2,28,40)(H2,29,41)(H,30,32)(H,33,34,39);1-3,5H,4H2/b4-3+;. The van der Waals surface area contributed by atoms with Crippen molar-refractivity contribution < 1.29 is 29.0 Å². The van der Waals surface area contributed by atoms with Gasteiger partial charge in [-0.2, -0.15) is 10.2 Å². The van der Waals surface area contributed by atoms with Crippen LogP contribution in [0.5, 0.6) is 11.5 Å². The van der Waals surface area contributed by atoms with Crippen molar-refractivity contribution in [3.8, 4) is 11.5 Å². The number of carbonyl (C=O) groups excluding carboxylic acids is 4. The van der Waals surface area contributed by atoms with Gasteiger partial charge in [0.15, 0.2) is 0 Å². The van der Waals surface area contributed by atoms with Gasteiger partial charge in [-0.15, -0.1) is 0 Å². The number of anilines is 2. The van der Waals surface area contributed by atoms with Gasteiger partial charge in [0.05, 0.1) is 24.7 Å². The van der Waals surface area contributed by atoms with Crippen LogP contribution < -0.4 is 26.8 Å². The van der Waals surface area contributed by atoms with E-state index in [-0.39, 0.29) is 41.8 Å². The van der Waals surface area contributed by atoms with E-state index in [2.05, 4.69) is 30.8 Å². The maximum atomic E-state index is 12.8. The van der Waals surface area contributed by atoms with Gasteiger partial charge in [0, 0.05) is 56.1 Å². The highest BCUT2D eigenvalue weighted by Gasteiger charge is 2.20. The summed E-state index contributed by atoms with van der Waals surface area (Å²) in [5.41, 5.74) is 13.0. The minimum atomic E-state index is -0.675. The molecule has 4 aromatic heterocycles. The Morgan fingerprint density at radius 3 is 1.98 bits per heavy atom. The lowest BCUT2D eigenvalue weighted by molar-refractivity contribution is -0.117. The van der Waals surface area contributed by atoms with Crippen molar-refractivity contribution in [3.05, 3.63) is 84.5 Å². The lowest BCUT2D eigenvalue weighted by Gasteiger charge is -2.11. The summed E-state index contributed by atoms with van der Waals surface area (Å²) in [5, 5.41) is 24.3. The summed E-state index contributed by atoms with van der Waals surface area (Å²) in [6.45, 7) is 0.871. The molecule has 0 unspecified atom stereocenters. The third kappa shape index (κ3) is 7.59. The summed E-state index contributed by atoms with van der Waals surface area (Å²) in [5.74, 6) is -0.773. The van der Waals surface area contributed by atoms with Crippen molar-refractivity contribution in [2.45, 2.75) is 26.2 Å². The first-order valence-electron chi connectivity index (χ1n) is 15.1. The number of imidazole rings is 2. The maximum Gasteiger partial charge on any atom is 0.248 e. The highest BCUT2D eigenvalue weighted by molar-refractivity contribution is 6.00. The average Bonchev–Trinajstić information content (AvgIpc) is 3.91. The zero-order valence-corrected chi connectivity index (χ0v) is 27.1. The van der Waals surface area contributed by atoms with Gasteiger partial charge in [0.1, 0.15) is 35.4 Å². The minimum absolute atomic E-state index is 0.0306. The van der Waals surface area contributed by atoms with E-state index >= 15 is 0 Å². The summed E-state index contributed by atoms with van der Waals surface area (Å²) >= 11 is 0. The van der Waals surface area contributed by atoms with Crippen LogP contribution in [0.1, 0.15) is 20.7 Å². The van der Waals surface area contributed by atoms with Crippen LogP contribution in [-0.2, 0) is 35.8 Å². The molecule has 3 amide bonds. The van der Waals surface area contributed by atoms with Crippen LogP contribution in [0.15, 0.2) is 73.3 Å². The summed E-state index contributed by atoms with van der Waals surface area (Å²) in [6, 6.07) is 9.35. The van der Waals surface area contributed by atoms with Crippen LogP contribution in [0.3, 0.4) is 0 Å². The number of benzene rings is 2. The van der Waals surface area contributed by atoms with Crippen LogP contribution in [0.2, 0.25) is 0 Å². The molecule has 0 spiro atoms. The number of primary amides is 2. The Hall–Kier alpha value is -6.98. The number of aldehydes is 1. The predicted molar refractivity (Wildman–Crippen MR) is 183 cm³/mol. The first-order valence-corrected chi connectivity index (χ1v) is 15.1. The molecular weight excluding hydrogens is 648 g/mol. The van der Waals surface area contributed by atoms with Crippen LogP contribution >= 0.6 is 0 Å². The normalized spacial score (nSPS) is 11.0. The molecule has 0 saturated heterocycles. The number of aromatic nitrogens is 8. The second-order valence-electron chi connectivity index (χ2n) is 10.6. The number of rotatable bonds is 13. The van der Waals surface area contributed by atoms with Crippen molar-refractivity contribution in [1.82, 2.24) is 38.7 Å². The smallest absolute Gasteiger partial charge is 0.248 e. The Morgan fingerprint density at radius 2 is 1.42 bits per heavy atom. The number of phenolic OH excluding ortho intramolecular Hbond substituents is 1. The van der Waals surface area contributed by atoms with Gasteiger partial charge in [-0.1, -0.05) is 12.2 Å². The van der Waals surface area contributed by atoms with Gasteiger partial charge in [-0.25, -0.2) is 9.97 Å². The van der Waals surface area contributed by atoms with Gasteiger partial charge in [0.25, 0.3) is 0 Å². The van der Waals surface area contributed by atoms with Gasteiger partial charge in [0.2, 0.25) is 29.6 Å². The number of phenols is 1. The van der Waals surface area contributed by atoms with E-state index in [0.29, 0.717) is 46.9 Å². The van der Waals surface area contributed by atoms with Crippen LogP contribution in [-0.4, -0.2) is 81.9 Å². The molecule has 6 aromatic rings. The first-order chi connectivity index (χ1) is 24.1. The predicted octanol–water partition coefficient (Wildman–Crippen LogP) is 1.51. The Balaban J connectivity index is 0.000000535. The molecule has 6 rings (SSSR count). The Kier molecular flexibility index (Phi) is 10.5. The topological polar surface area (TPSA) is 245 Å². The number of hydrogen-bond acceptors (Lipinski definition) is 11.